The molecule has 98 valence electrons. The Bertz CT molecular complexity index is 557. The van der Waals surface area contributed by atoms with Crippen molar-refractivity contribution < 1.29 is 4.79 Å². The van der Waals surface area contributed by atoms with Crippen LogP contribution < -0.4 is 0 Å². The number of rotatable bonds is 3. The Labute approximate surface area is 120 Å². The van der Waals surface area contributed by atoms with E-state index in [1.165, 1.54) is 0 Å². The van der Waals surface area contributed by atoms with E-state index in [1.54, 1.807) is 42.7 Å². The number of hydrogen-bond acceptors (Lipinski definition) is 3. The van der Waals surface area contributed by atoms with E-state index in [0.29, 0.717) is 10.2 Å². The predicted molar refractivity (Wildman–Crippen MR) is 76.7 cm³/mol. The first-order chi connectivity index (χ1) is 9.09. The summed E-state index contributed by atoms with van der Waals surface area (Å²) in [6.07, 6.45) is 5.03. The molecule has 0 aliphatic carbocycles. The van der Waals surface area contributed by atoms with Crippen molar-refractivity contribution in [2.45, 2.75) is 13.0 Å². The lowest BCUT2D eigenvalue weighted by Gasteiger charge is -2.25. The Kier molecular flexibility index (Phi) is 4.27. The Balaban J connectivity index is 2.17. The largest absolute Gasteiger partial charge is 0.335 e. The third kappa shape index (κ3) is 3.17. The van der Waals surface area contributed by atoms with Crippen molar-refractivity contribution in [3.63, 3.8) is 0 Å². The molecule has 5 heteroatoms. The molecular formula is C14H14BrN3O. The highest BCUT2D eigenvalue weighted by Crippen LogP contribution is 2.20. The maximum atomic E-state index is 12.3. The van der Waals surface area contributed by atoms with Crippen molar-refractivity contribution in [3.8, 4) is 0 Å². The summed E-state index contributed by atoms with van der Waals surface area (Å²) in [6.45, 7) is 1.99. The molecule has 0 spiro atoms. The van der Waals surface area contributed by atoms with E-state index in [4.69, 9.17) is 0 Å². The maximum absolute atomic E-state index is 12.3. The van der Waals surface area contributed by atoms with E-state index in [9.17, 15) is 4.79 Å². The second-order valence-corrected chi connectivity index (χ2v) is 5.05. The van der Waals surface area contributed by atoms with Gasteiger partial charge in [-0.1, -0.05) is 0 Å². The van der Waals surface area contributed by atoms with Gasteiger partial charge in [0, 0.05) is 25.6 Å². The normalized spacial score (nSPS) is 11.9. The summed E-state index contributed by atoms with van der Waals surface area (Å²) in [6, 6.07) is 7.33. The van der Waals surface area contributed by atoms with Gasteiger partial charge in [0.2, 0.25) is 0 Å². The van der Waals surface area contributed by atoms with Gasteiger partial charge >= 0.3 is 0 Å². The standard InChI is InChI=1S/C14H14BrN3O/c1-10(11-5-7-16-8-6-11)18(2)14(19)12-3-4-13(15)17-9-12/h3-10H,1-2H3. The van der Waals surface area contributed by atoms with E-state index in [-0.39, 0.29) is 11.9 Å². The monoisotopic (exact) mass is 319 g/mol. The van der Waals surface area contributed by atoms with Crippen LogP contribution >= 0.6 is 15.9 Å². The van der Waals surface area contributed by atoms with E-state index in [0.717, 1.165) is 5.56 Å². The van der Waals surface area contributed by atoms with Gasteiger partial charge in [0.25, 0.3) is 5.91 Å². The number of nitrogens with zero attached hydrogens (tertiary/aromatic N) is 3. The van der Waals surface area contributed by atoms with Crippen LogP contribution in [0, 0.1) is 0 Å². The third-order valence-corrected chi connectivity index (χ3v) is 3.53. The average molecular weight is 320 g/mol. The van der Waals surface area contributed by atoms with Crippen molar-refractivity contribution in [2.24, 2.45) is 0 Å². The fourth-order valence-electron chi connectivity index (χ4n) is 1.75. The van der Waals surface area contributed by atoms with E-state index in [1.807, 2.05) is 19.1 Å². The first-order valence-corrected chi connectivity index (χ1v) is 6.67. The van der Waals surface area contributed by atoms with Gasteiger partial charge in [-0.05, 0) is 52.7 Å². The Hall–Kier alpha value is -1.75. The Morgan fingerprint density at radius 1 is 1.26 bits per heavy atom. The van der Waals surface area contributed by atoms with Gasteiger partial charge in [0.05, 0.1) is 11.6 Å². The molecule has 0 N–H and O–H groups in total. The summed E-state index contributed by atoms with van der Waals surface area (Å²) < 4.78 is 0.717. The molecule has 2 aromatic rings. The molecule has 2 aromatic heterocycles. The van der Waals surface area contributed by atoms with Crippen LogP contribution in [0.25, 0.3) is 0 Å². The molecule has 1 unspecified atom stereocenters. The van der Waals surface area contributed by atoms with E-state index < -0.39 is 0 Å². The zero-order valence-corrected chi connectivity index (χ0v) is 12.3. The number of halogens is 1. The van der Waals surface area contributed by atoms with Crippen molar-refractivity contribution in [2.75, 3.05) is 7.05 Å². The summed E-state index contributed by atoms with van der Waals surface area (Å²) in [5, 5.41) is 0. The van der Waals surface area contributed by atoms with Crippen LogP contribution in [0.3, 0.4) is 0 Å². The van der Waals surface area contributed by atoms with Gasteiger partial charge in [-0.3, -0.25) is 9.78 Å². The van der Waals surface area contributed by atoms with Gasteiger partial charge < -0.3 is 4.90 Å². The summed E-state index contributed by atoms with van der Waals surface area (Å²) in [5.74, 6) is -0.0516. The topological polar surface area (TPSA) is 46.1 Å². The van der Waals surface area contributed by atoms with Crippen molar-refractivity contribution in [1.29, 1.82) is 0 Å². The molecule has 0 bridgehead atoms. The average Bonchev–Trinajstić information content (AvgIpc) is 2.46. The van der Waals surface area contributed by atoms with Crippen molar-refractivity contribution in [3.05, 3.63) is 58.6 Å². The van der Waals surface area contributed by atoms with Gasteiger partial charge in [-0.15, -0.1) is 0 Å². The van der Waals surface area contributed by atoms with Gasteiger partial charge in [-0.2, -0.15) is 0 Å². The zero-order chi connectivity index (χ0) is 13.8. The molecule has 0 aromatic carbocycles. The summed E-state index contributed by atoms with van der Waals surface area (Å²) in [5.41, 5.74) is 1.63. The molecule has 0 aliphatic heterocycles. The van der Waals surface area contributed by atoms with Gasteiger partial charge in [0.15, 0.2) is 0 Å². The lowest BCUT2D eigenvalue weighted by Crippen LogP contribution is -2.29. The molecule has 2 rings (SSSR count). The number of hydrogen-bond donors (Lipinski definition) is 0. The molecule has 2 heterocycles. The van der Waals surface area contributed by atoms with Crippen LogP contribution in [0.4, 0.5) is 0 Å². The second kappa shape index (κ2) is 5.93. The maximum Gasteiger partial charge on any atom is 0.255 e. The highest BCUT2D eigenvalue weighted by Gasteiger charge is 2.18. The number of carbonyl (C=O) groups is 1. The van der Waals surface area contributed by atoms with E-state index in [2.05, 4.69) is 25.9 Å². The lowest BCUT2D eigenvalue weighted by molar-refractivity contribution is 0.0742. The molecule has 1 atom stereocenters. The van der Waals surface area contributed by atoms with Crippen LogP contribution in [-0.4, -0.2) is 27.8 Å². The molecule has 19 heavy (non-hydrogen) atoms. The summed E-state index contributed by atoms with van der Waals surface area (Å²) in [4.78, 5) is 22.1. The van der Waals surface area contributed by atoms with Crippen molar-refractivity contribution >= 4 is 21.8 Å². The number of amides is 1. The quantitative estimate of drug-likeness (QED) is 0.817. The van der Waals surface area contributed by atoms with Gasteiger partial charge in [0.1, 0.15) is 4.60 Å². The molecule has 0 radical (unpaired) electrons. The highest BCUT2D eigenvalue weighted by atomic mass is 79.9. The molecule has 1 amide bonds. The van der Waals surface area contributed by atoms with Crippen LogP contribution in [0.15, 0.2) is 47.5 Å². The van der Waals surface area contributed by atoms with Crippen LogP contribution in [0.2, 0.25) is 0 Å². The lowest BCUT2D eigenvalue weighted by atomic mass is 10.1. The minimum Gasteiger partial charge on any atom is -0.335 e. The molecular weight excluding hydrogens is 306 g/mol. The molecule has 0 aliphatic rings. The molecule has 4 nitrogen and oxygen atoms in total. The Morgan fingerprint density at radius 3 is 2.53 bits per heavy atom. The van der Waals surface area contributed by atoms with E-state index >= 15 is 0 Å². The van der Waals surface area contributed by atoms with Crippen molar-refractivity contribution in [1.82, 2.24) is 14.9 Å². The van der Waals surface area contributed by atoms with Gasteiger partial charge in [-0.25, -0.2) is 4.98 Å². The number of carbonyl (C=O) groups excluding carboxylic acids is 1. The molecule has 0 saturated heterocycles. The summed E-state index contributed by atoms with van der Waals surface area (Å²) >= 11 is 3.25. The molecule has 0 saturated carbocycles. The Morgan fingerprint density at radius 2 is 1.95 bits per heavy atom. The van der Waals surface area contributed by atoms with Crippen LogP contribution in [0.5, 0.6) is 0 Å². The minimum absolute atomic E-state index is 0.0147. The fourth-order valence-corrected chi connectivity index (χ4v) is 1.98. The number of aromatic nitrogens is 2. The predicted octanol–water partition coefficient (Wildman–Crippen LogP) is 3.07. The third-order valence-electron chi connectivity index (χ3n) is 3.06. The number of pyridine rings is 2. The summed E-state index contributed by atoms with van der Waals surface area (Å²) in [7, 11) is 1.79. The second-order valence-electron chi connectivity index (χ2n) is 4.24. The van der Waals surface area contributed by atoms with Crippen LogP contribution in [-0.2, 0) is 0 Å². The first-order valence-electron chi connectivity index (χ1n) is 5.88. The molecule has 0 fully saturated rings. The fraction of sp³-hybridized carbons (Fsp3) is 0.214. The SMILES string of the molecule is CC(c1ccncc1)N(C)C(=O)c1ccc(Br)nc1. The minimum atomic E-state index is -0.0516. The zero-order valence-electron chi connectivity index (χ0n) is 10.7. The van der Waals surface area contributed by atoms with Crippen LogP contribution in [0.1, 0.15) is 28.9 Å². The first kappa shape index (κ1) is 13.7. The smallest absolute Gasteiger partial charge is 0.255 e. The highest BCUT2D eigenvalue weighted by molar-refractivity contribution is 9.10.